The Bertz CT molecular complexity index is 400. The summed E-state index contributed by atoms with van der Waals surface area (Å²) < 4.78 is 10.2. The van der Waals surface area contributed by atoms with Crippen molar-refractivity contribution in [2.75, 3.05) is 6.61 Å². The van der Waals surface area contributed by atoms with E-state index in [4.69, 9.17) is 9.47 Å². The van der Waals surface area contributed by atoms with Crippen molar-refractivity contribution >= 4 is 17.9 Å². The highest BCUT2D eigenvalue weighted by Crippen LogP contribution is 2.17. The van der Waals surface area contributed by atoms with E-state index in [0.717, 1.165) is 32.1 Å². The Hall–Kier alpha value is -1.63. The third-order valence-corrected chi connectivity index (χ3v) is 3.78. The highest BCUT2D eigenvalue weighted by Gasteiger charge is 2.29. The molecule has 1 saturated carbocycles. The molecular weight excluding hydrogens is 276 g/mol. The molecule has 0 unspecified atom stereocenters. The molecule has 118 valence electrons. The van der Waals surface area contributed by atoms with Crippen LogP contribution in [-0.4, -0.2) is 42.8 Å². The summed E-state index contributed by atoms with van der Waals surface area (Å²) in [5.74, 6) is -1.18. The van der Waals surface area contributed by atoms with Gasteiger partial charge in [-0.15, -0.1) is 0 Å². The van der Waals surface area contributed by atoms with Gasteiger partial charge in [0, 0.05) is 12.6 Å². The summed E-state index contributed by atoms with van der Waals surface area (Å²) in [5.41, 5.74) is 0. The molecule has 0 aromatic heterocycles. The number of nitrogens with one attached hydrogen (secondary N) is 2. The molecule has 2 N–H and O–H groups in total. The third-order valence-electron chi connectivity index (χ3n) is 3.78. The zero-order valence-electron chi connectivity index (χ0n) is 12.2. The van der Waals surface area contributed by atoms with Gasteiger partial charge in [0.2, 0.25) is 0 Å². The third kappa shape index (κ3) is 4.70. The van der Waals surface area contributed by atoms with Gasteiger partial charge in [-0.3, -0.25) is 10.1 Å². The van der Waals surface area contributed by atoms with E-state index in [2.05, 4.69) is 10.6 Å². The molecule has 1 heterocycles. The molecule has 0 radical (unpaired) electrons. The first-order valence-electron chi connectivity index (χ1n) is 7.49. The molecule has 2 rings (SSSR count). The van der Waals surface area contributed by atoms with Crippen molar-refractivity contribution in [3.63, 3.8) is 0 Å². The highest BCUT2D eigenvalue weighted by atomic mass is 16.6. The summed E-state index contributed by atoms with van der Waals surface area (Å²) in [5, 5.41) is 4.93. The summed E-state index contributed by atoms with van der Waals surface area (Å²) in [4.78, 5) is 35.1. The standard InChI is InChI=1S/C14H22N2O5/c1-9(21-13(18)11-7-4-8-20-11)12(17)16-14(19)15-10-5-2-3-6-10/h9-11H,2-8H2,1H3,(H2,15,16,17,19)/t9-,11-/m1/s1. The fraction of sp³-hybridized carbons (Fsp3) is 0.786. The maximum Gasteiger partial charge on any atom is 0.336 e. The Labute approximate surface area is 123 Å². The van der Waals surface area contributed by atoms with Gasteiger partial charge in [0.1, 0.15) is 0 Å². The number of ether oxygens (including phenoxy) is 2. The molecule has 0 aromatic rings. The summed E-state index contributed by atoms with van der Waals surface area (Å²) in [7, 11) is 0. The Kier molecular flexibility index (Phi) is 5.55. The maximum atomic E-state index is 11.8. The molecule has 7 nitrogen and oxygen atoms in total. The average molecular weight is 298 g/mol. The molecule has 1 saturated heterocycles. The molecule has 2 fully saturated rings. The van der Waals surface area contributed by atoms with Gasteiger partial charge in [-0.1, -0.05) is 12.8 Å². The van der Waals surface area contributed by atoms with E-state index in [1.165, 1.54) is 6.92 Å². The predicted molar refractivity (Wildman–Crippen MR) is 73.5 cm³/mol. The summed E-state index contributed by atoms with van der Waals surface area (Å²) in [6.07, 6.45) is 3.86. The highest BCUT2D eigenvalue weighted by molar-refractivity contribution is 5.97. The fourth-order valence-corrected chi connectivity index (χ4v) is 2.57. The largest absolute Gasteiger partial charge is 0.451 e. The van der Waals surface area contributed by atoms with Gasteiger partial charge in [0.15, 0.2) is 12.2 Å². The van der Waals surface area contributed by atoms with Gasteiger partial charge >= 0.3 is 12.0 Å². The zero-order valence-corrected chi connectivity index (χ0v) is 12.2. The summed E-state index contributed by atoms with van der Waals surface area (Å²) in [6.45, 7) is 1.97. The Balaban J connectivity index is 1.70. The van der Waals surface area contributed by atoms with Gasteiger partial charge in [-0.05, 0) is 32.6 Å². The number of imide groups is 1. The molecule has 2 atom stereocenters. The van der Waals surface area contributed by atoms with Crippen LogP contribution in [0.5, 0.6) is 0 Å². The van der Waals surface area contributed by atoms with Crippen LogP contribution in [0.4, 0.5) is 4.79 Å². The van der Waals surface area contributed by atoms with Crippen LogP contribution in [0, 0.1) is 0 Å². The van der Waals surface area contributed by atoms with E-state index < -0.39 is 30.1 Å². The second-order valence-electron chi connectivity index (χ2n) is 5.52. The van der Waals surface area contributed by atoms with Gasteiger partial charge in [-0.2, -0.15) is 0 Å². The number of urea groups is 1. The lowest BCUT2D eigenvalue weighted by Crippen LogP contribution is -2.47. The normalized spacial score (nSPS) is 23.6. The van der Waals surface area contributed by atoms with Crippen molar-refractivity contribution in [2.45, 2.75) is 63.7 Å². The molecule has 0 aromatic carbocycles. The van der Waals surface area contributed by atoms with E-state index in [1.807, 2.05) is 0 Å². The van der Waals surface area contributed by atoms with Gasteiger partial charge < -0.3 is 14.8 Å². The molecule has 1 aliphatic carbocycles. The van der Waals surface area contributed by atoms with Crippen LogP contribution in [0.2, 0.25) is 0 Å². The average Bonchev–Trinajstić information content (AvgIpc) is 3.10. The summed E-state index contributed by atoms with van der Waals surface area (Å²) in [6, 6.07) is -0.408. The second-order valence-corrected chi connectivity index (χ2v) is 5.52. The van der Waals surface area contributed by atoms with Crippen molar-refractivity contribution in [1.82, 2.24) is 10.6 Å². The van der Waals surface area contributed by atoms with Crippen molar-refractivity contribution in [2.24, 2.45) is 0 Å². The summed E-state index contributed by atoms with van der Waals surface area (Å²) >= 11 is 0. The quantitative estimate of drug-likeness (QED) is 0.751. The van der Waals surface area contributed by atoms with Crippen molar-refractivity contribution in [3.05, 3.63) is 0 Å². The first kappa shape index (κ1) is 15.8. The molecule has 0 spiro atoms. The number of rotatable bonds is 4. The zero-order chi connectivity index (χ0) is 15.2. The minimum atomic E-state index is -1.02. The molecule has 7 heteroatoms. The Morgan fingerprint density at radius 2 is 1.86 bits per heavy atom. The van der Waals surface area contributed by atoms with E-state index in [0.29, 0.717) is 13.0 Å². The lowest BCUT2D eigenvalue weighted by molar-refractivity contribution is -0.163. The maximum absolute atomic E-state index is 11.8. The lowest BCUT2D eigenvalue weighted by atomic mass is 10.2. The van der Waals surface area contributed by atoms with Crippen molar-refractivity contribution < 1.29 is 23.9 Å². The van der Waals surface area contributed by atoms with Gasteiger partial charge in [0.25, 0.3) is 5.91 Å². The number of carbonyl (C=O) groups excluding carboxylic acids is 3. The molecular formula is C14H22N2O5. The SMILES string of the molecule is C[C@@H](OC(=O)[C@H]1CCCO1)C(=O)NC(=O)NC1CCCC1. The Morgan fingerprint density at radius 1 is 1.14 bits per heavy atom. The van der Waals surface area contributed by atoms with Crippen LogP contribution in [0.3, 0.4) is 0 Å². The first-order chi connectivity index (χ1) is 10.1. The van der Waals surface area contributed by atoms with E-state index in [-0.39, 0.29) is 6.04 Å². The van der Waals surface area contributed by atoms with Crippen LogP contribution in [0.15, 0.2) is 0 Å². The minimum Gasteiger partial charge on any atom is -0.451 e. The van der Waals surface area contributed by atoms with Gasteiger partial charge in [-0.25, -0.2) is 9.59 Å². The van der Waals surface area contributed by atoms with E-state index in [1.54, 1.807) is 0 Å². The van der Waals surface area contributed by atoms with Crippen LogP contribution in [-0.2, 0) is 19.1 Å². The molecule has 1 aliphatic heterocycles. The van der Waals surface area contributed by atoms with Crippen LogP contribution >= 0.6 is 0 Å². The van der Waals surface area contributed by atoms with Crippen LogP contribution < -0.4 is 10.6 Å². The van der Waals surface area contributed by atoms with Crippen molar-refractivity contribution in [3.8, 4) is 0 Å². The number of amides is 3. The van der Waals surface area contributed by atoms with E-state index in [9.17, 15) is 14.4 Å². The minimum absolute atomic E-state index is 0.127. The number of carbonyl (C=O) groups is 3. The molecule has 3 amide bonds. The van der Waals surface area contributed by atoms with Crippen molar-refractivity contribution in [1.29, 1.82) is 0 Å². The monoisotopic (exact) mass is 298 g/mol. The smallest absolute Gasteiger partial charge is 0.336 e. The molecule has 0 bridgehead atoms. The first-order valence-corrected chi connectivity index (χ1v) is 7.49. The van der Waals surface area contributed by atoms with Crippen LogP contribution in [0.1, 0.15) is 45.4 Å². The Morgan fingerprint density at radius 3 is 2.48 bits per heavy atom. The number of hydrogen-bond donors (Lipinski definition) is 2. The number of esters is 1. The molecule has 2 aliphatic rings. The predicted octanol–water partition coefficient (Wildman–Crippen LogP) is 0.865. The van der Waals surface area contributed by atoms with Crippen LogP contribution in [0.25, 0.3) is 0 Å². The topological polar surface area (TPSA) is 93.7 Å². The van der Waals surface area contributed by atoms with E-state index >= 15 is 0 Å². The number of hydrogen-bond acceptors (Lipinski definition) is 5. The second kappa shape index (κ2) is 7.40. The lowest BCUT2D eigenvalue weighted by Gasteiger charge is -2.17. The molecule has 21 heavy (non-hydrogen) atoms. The van der Waals surface area contributed by atoms with Gasteiger partial charge in [0.05, 0.1) is 0 Å². The fourth-order valence-electron chi connectivity index (χ4n) is 2.57.